The van der Waals surface area contributed by atoms with E-state index in [-0.39, 0.29) is 5.78 Å². The molecular formula is C13H14N2O3. The van der Waals surface area contributed by atoms with Gasteiger partial charge in [-0.05, 0) is 12.1 Å². The molecule has 1 aromatic carbocycles. The van der Waals surface area contributed by atoms with Crippen LogP contribution in [0.1, 0.15) is 15.9 Å². The number of anilines is 1. The number of nitrogens with one attached hydrogen (secondary N) is 1. The van der Waals surface area contributed by atoms with Crippen molar-refractivity contribution in [2.24, 2.45) is 0 Å². The zero-order chi connectivity index (χ0) is 13.1. The Labute approximate surface area is 105 Å². The third-order valence-electron chi connectivity index (χ3n) is 2.68. The molecule has 0 amide bonds. The Bertz CT molecular complexity index is 562. The lowest BCUT2D eigenvalue weighted by atomic mass is 10.0. The number of carbonyl (C=O) groups excluding carboxylic acids is 1. The van der Waals surface area contributed by atoms with E-state index in [0.29, 0.717) is 28.3 Å². The molecule has 0 saturated carbocycles. The summed E-state index contributed by atoms with van der Waals surface area (Å²) >= 11 is 0. The summed E-state index contributed by atoms with van der Waals surface area (Å²) < 4.78 is 10.3. The molecule has 18 heavy (non-hydrogen) atoms. The lowest BCUT2D eigenvalue weighted by Gasteiger charge is -2.11. The fourth-order valence-corrected chi connectivity index (χ4v) is 1.70. The molecule has 94 valence electrons. The number of ether oxygens (including phenoxy) is 2. The maximum Gasteiger partial charge on any atom is 0.196 e. The fourth-order valence-electron chi connectivity index (χ4n) is 1.70. The van der Waals surface area contributed by atoms with E-state index in [1.807, 2.05) is 0 Å². The summed E-state index contributed by atoms with van der Waals surface area (Å²) in [4.78, 5) is 15.1. The normalized spacial score (nSPS) is 10.1. The standard InChI is InChI=1S/C13H14N2O3/c1-17-9-5-10(12(14)11(6-9)18-2)13(16)8-3-4-15-7-8/h3-7,15H,14H2,1-2H3. The molecule has 2 aromatic rings. The SMILES string of the molecule is COc1cc(OC)c(N)c(C(=O)c2cc[nH]c2)c1. The molecule has 5 heteroatoms. The van der Waals surface area contributed by atoms with Crippen molar-refractivity contribution in [1.82, 2.24) is 4.98 Å². The van der Waals surface area contributed by atoms with Gasteiger partial charge in [0.15, 0.2) is 5.78 Å². The monoisotopic (exact) mass is 246 g/mol. The van der Waals surface area contributed by atoms with E-state index in [0.717, 1.165) is 0 Å². The Balaban J connectivity index is 2.53. The first-order valence-electron chi connectivity index (χ1n) is 5.36. The van der Waals surface area contributed by atoms with Crippen LogP contribution in [0.3, 0.4) is 0 Å². The largest absolute Gasteiger partial charge is 0.497 e. The minimum absolute atomic E-state index is 0.175. The molecule has 0 saturated heterocycles. The predicted molar refractivity (Wildman–Crippen MR) is 68.2 cm³/mol. The predicted octanol–water partition coefficient (Wildman–Crippen LogP) is 1.85. The van der Waals surface area contributed by atoms with Gasteiger partial charge in [0.1, 0.15) is 11.5 Å². The summed E-state index contributed by atoms with van der Waals surface area (Å²) in [6.07, 6.45) is 3.30. The quantitative estimate of drug-likeness (QED) is 0.637. The Hall–Kier alpha value is -2.43. The number of nitrogens with two attached hydrogens (primary N) is 1. The number of hydrogen-bond acceptors (Lipinski definition) is 4. The van der Waals surface area contributed by atoms with Gasteiger partial charge in [-0.2, -0.15) is 0 Å². The molecule has 5 nitrogen and oxygen atoms in total. The molecule has 0 unspecified atom stereocenters. The molecule has 0 atom stereocenters. The van der Waals surface area contributed by atoms with E-state index < -0.39 is 0 Å². The number of hydrogen-bond donors (Lipinski definition) is 2. The molecule has 0 aliphatic heterocycles. The number of methoxy groups -OCH3 is 2. The Kier molecular flexibility index (Phi) is 3.23. The highest BCUT2D eigenvalue weighted by Crippen LogP contribution is 2.32. The second-order valence-corrected chi connectivity index (χ2v) is 3.72. The van der Waals surface area contributed by atoms with Gasteiger partial charge in [0.25, 0.3) is 0 Å². The molecule has 0 fully saturated rings. The summed E-state index contributed by atoms with van der Waals surface area (Å²) in [6, 6.07) is 4.93. The first kappa shape index (κ1) is 12.0. The number of carbonyl (C=O) groups is 1. The molecule has 2 rings (SSSR count). The van der Waals surface area contributed by atoms with Crippen LogP contribution in [0.2, 0.25) is 0 Å². The first-order valence-corrected chi connectivity index (χ1v) is 5.36. The topological polar surface area (TPSA) is 77.3 Å². The fraction of sp³-hybridized carbons (Fsp3) is 0.154. The number of benzene rings is 1. The van der Waals surface area contributed by atoms with E-state index in [2.05, 4.69) is 4.98 Å². The van der Waals surface area contributed by atoms with Gasteiger partial charge in [-0.1, -0.05) is 0 Å². The molecule has 0 bridgehead atoms. The summed E-state index contributed by atoms with van der Waals surface area (Å²) in [5, 5.41) is 0. The second-order valence-electron chi connectivity index (χ2n) is 3.72. The average molecular weight is 246 g/mol. The van der Waals surface area contributed by atoms with E-state index in [1.54, 1.807) is 30.6 Å². The minimum atomic E-state index is -0.175. The van der Waals surface area contributed by atoms with Crippen molar-refractivity contribution in [2.75, 3.05) is 20.0 Å². The highest BCUT2D eigenvalue weighted by Gasteiger charge is 2.17. The van der Waals surface area contributed by atoms with Crippen LogP contribution in [-0.4, -0.2) is 25.0 Å². The number of rotatable bonds is 4. The van der Waals surface area contributed by atoms with Gasteiger partial charge >= 0.3 is 0 Å². The first-order chi connectivity index (χ1) is 8.67. The van der Waals surface area contributed by atoms with E-state index in [1.165, 1.54) is 14.2 Å². The van der Waals surface area contributed by atoms with Gasteiger partial charge in [0.2, 0.25) is 0 Å². The van der Waals surface area contributed by atoms with Crippen molar-refractivity contribution < 1.29 is 14.3 Å². The summed E-state index contributed by atoms with van der Waals surface area (Å²) in [6.45, 7) is 0. The van der Waals surface area contributed by atoms with Crippen molar-refractivity contribution in [3.8, 4) is 11.5 Å². The van der Waals surface area contributed by atoms with Gasteiger partial charge < -0.3 is 20.2 Å². The molecule has 3 N–H and O–H groups in total. The maximum atomic E-state index is 12.3. The molecule has 1 heterocycles. The molecule has 0 aliphatic rings. The van der Waals surface area contributed by atoms with Crippen molar-refractivity contribution in [3.05, 3.63) is 41.7 Å². The van der Waals surface area contributed by atoms with Crippen LogP contribution in [-0.2, 0) is 0 Å². The summed E-state index contributed by atoms with van der Waals surface area (Å²) in [7, 11) is 3.02. The highest BCUT2D eigenvalue weighted by molar-refractivity contribution is 6.12. The van der Waals surface area contributed by atoms with Crippen molar-refractivity contribution in [1.29, 1.82) is 0 Å². The maximum absolute atomic E-state index is 12.3. The molecule has 0 spiro atoms. The average Bonchev–Trinajstić information content (AvgIpc) is 2.92. The lowest BCUT2D eigenvalue weighted by Crippen LogP contribution is -2.06. The zero-order valence-electron chi connectivity index (χ0n) is 10.2. The van der Waals surface area contributed by atoms with Crippen LogP contribution in [0.4, 0.5) is 5.69 Å². The number of aromatic amines is 1. The number of nitrogen functional groups attached to an aromatic ring is 1. The Morgan fingerprint density at radius 2 is 2.06 bits per heavy atom. The second kappa shape index (κ2) is 4.83. The highest BCUT2D eigenvalue weighted by atomic mass is 16.5. The van der Waals surface area contributed by atoms with Crippen LogP contribution in [0.25, 0.3) is 0 Å². The van der Waals surface area contributed by atoms with Crippen LogP contribution in [0.15, 0.2) is 30.6 Å². The van der Waals surface area contributed by atoms with Crippen molar-refractivity contribution in [2.45, 2.75) is 0 Å². The number of H-pyrrole nitrogens is 1. The van der Waals surface area contributed by atoms with Crippen LogP contribution in [0.5, 0.6) is 11.5 Å². The third kappa shape index (κ3) is 2.02. The van der Waals surface area contributed by atoms with E-state index in [9.17, 15) is 4.79 Å². The van der Waals surface area contributed by atoms with Gasteiger partial charge in [0, 0.05) is 24.0 Å². The zero-order valence-corrected chi connectivity index (χ0v) is 10.2. The molecule has 0 radical (unpaired) electrons. The van der Waals surface area contributed by atoms with Gasteiger partial charge in [-0.25, -0.2) is 0 Å². The van der Waals surface area contributed by atoms with Gasteiger partial charge in [-0.15, -0.1) is 0 Å². The minimum Gasteiger partial charge on any atom is -0.497 e. The summed E-state index contributed by atoms with van der Waals surface area (Å²) in [5.74, 6) is 0.777. The van der Waals surface area contributed by atoms with Crippen molar-refractivity contribution in [3.63, 3.8) is 0 Å². The van der Waals surface area contributed by atoms with E-state index >= 15 is 0 Å². The number of ketones is 1. The molecule has 0 aliphatic carbocycles. The molecule has 1 aromatic heterocycles. The van der Waals surface area contributed by atoms with Crippen LogP contribution < -0.4 is 15.2 Å². The summed E-state index contributed by atoms with van der Waals surface area (Å²) in [5.41, 5.74) is 7.13. The third-order valence-corrected chi connectivity index (χ3v) is 2.68. The van der Waals surface area contributed by atoms with Crippen molar-refractivity contribution >= 4 is 11.5 Å². The Morgan fingerprint density at radius 3 is 2.61 bits per heavy atom. The van der Waals surface area contributed by atoms with Gasteiger partial charge in [-0.3, -0.25) is 4.79 Å². The van der Waals surface area contributed by atoms with Gasteiger partial charge in [0.05, 0.1) is 25.5 Å². The Morgan fingerprint density at radius 1 is 1.28 bits per heavy atom. The lowest BCUT2D eigenvalue weighted by molar-refractivity contribution is 0.103. The van der Waals surface area contributed by atoms with Crippen LogP contribution in [0, 0.1) is 0 Å². The number of aromatic nitrogens is 1. The van der Waals surface area contributed by atoms with Crippen LogP contribution >= 0.6 is 0 Å². The molecular weight excluding hydrogens is 232 g/mol. The smallest absolute Gasteiger partial charge is 0.196 e. The van der Waals surface area contributed by atoms with E-state index in [4.69, 9.17) is 15.2 Å².